The molecule has 2 aromatic rings. The average Bonchev–Trinajstić information content (AvgIpc) is 2.73. The zero-order chi connectivity index (χ0) is 12.3. The maximum atomic E-state index is 3.52. The van der Waals surface area contributed by atoms with Crippen LogP contribution in [-0.4, -0.2) is 19.1 Å². The van der Waals surface area contributed by atoms with Gasteiger partial charge in [0.1, 0.15) is 0 Å². The Morgan fingerprint density at radius 3 is 2.76 bits per heavy atom. The van der Waals surface area contributed by atoms with E-state index in [0.717, 1.165) is 13.1 Å². The summed E-state index contributed by atoms with van der Waals surface area (Å²) in [5.41, 5.74) is 1.55. The standard InChI is InChI=1S/C14H20N2S/c1-14(2,15-3)10-16-8-11-9-17-13-7-5-4-6-12(11)13/h4-7,9,15-16H,8,10H2,1-3H3. The highest BCUT2D eigenvalue weighted by atomic mass is 32.1. The van der Waals surface area contributed by atoms with Crippen LogP contribution in [0.5, 0.6) is 0 Å². The van der Waals surface area contributed by atoms with Gasteiger partial charge < -0.3 is 10.6 Å². The molecule has 0 saturated heterocycles. The maximum Gasteiger partial charge on any atom is 0.0346 e. The minimum Gasteiger partial charge on any atom is -0.314 e. The molecule has 1 heterocycles. The molecule has 0 radical (unpaired) electrons. The number of fused-ring (bicyclic) bond motifs is 1. The molecule has 0 saturated carbocycles. The van der Waals surface area contributed by atoms with Crippen molar-refractivity contribution >= 4 is 21.4 Å². The first-order chi connectivity index (χ1) is 8.12. The van der Waals surface area contributed by atoms with Crippen LogP contribution in [0.4, 0.5) is 0 Å². The van der Waals surface area contributed by atoms with E-state index in [2.05, 4.69) is 54.1 Å². The second-order valence-corrected chi connectivity index (χ2v) is 5.91. The third kappa shape index (κ3) is 3.06. The van der Waals surface area contributed by atoms with Crippen molar-refractivity contribution in [1.82, 2.24) is 10.6 Å². The van der Waals surface area contributed by atoms with Gasteiger partial charge in [-0.25, -0.2) is 0 Å². The largest absolute Gasteiger partial charge is 0.314 e. The van der Waals surface area contributed by atoms with Crippen molar-refractivity contribution in [3.63, 3.8) is 0 Å². The zero-order valence-electron chi connectivity index (χ0n) is 10.7. The van der Waals surface area contributed by atoms with Crippen LogP contribution in [0.3, 0.4) is 0 Å². The second kappa shape index (κ2) is 5.17. The summed E-state index contributed by atoms with van der Waals surface area (Å²) in [5, 5.41) is 10.4. The smallest absolute Gasteiger partial charge is 0.0346 e. The Balaban J connectivity index is 2.00. The lowest BCUT2D eigenvalue weighted by molar-refractivity contribution is 0.394. The van der Waals surface area contributed by atoms with Gasteiger partial charge in [-0.1, -0.05) is 18.2 Å². The average molecular weight is 248 g/mol. The fourth-order valence-electron chi connectivity index (χ4n) is 1.77. The molecule has 0 spiro atoms. The van der Waals surface area contributed by atoms with Gasteiger partial charge in [0.05, 0.1) is 0 Å². The number of likely N-dealkylation sites (N-methyl/N-ethyl adjacent to an activating group) is 1. The normalized spacial score (nSPS) is 12.2. The molecular formula is C14H20N2S. The molecule has 2 rings (SSSR count). The predicted molar refractivity (Wildman–Crippen MR) is 76.7 cm³/mol. The first-order valence-electron chi connectivity index (χ1n) is 5.97. The Hall–Kier alpha value is -0.900. The van der Waals surface area contributed by atoms with Crippen LogP contribution in [0.1, 0.15) is 19.4 Å². The summed E-state index contributed by atoms with van der Waals surface area (Å²) in [6.45, 7) is 6.31. The monoisotopic (exact) mass is 248 g/mol. The van der Waals surface area contributed by atoms with Crippen LogP contribution < -0.4 is 10.6 Å². The Labute approximate surface area is 107 Å². The molecule has 0 fully saturated rings. The van der Waals surface area contributed by atoms with E-state index in [-0.39, 0.29) is 5.54 Å². The van der Waals surface area contributed by atoms with E-state index in [0.29, 0.717) is 0 Å². The van der Waals surface area contributed by atoms with Gasteiger partial charge in [0.25, 0.3) is 0 Å². The third-order valence-electron chi connectivity index (χ3n) is 3.12. The lowest BCUT2D eigenvalue weighted by Crippen LogP contribution is -2.45. The number of nitrogens with one attached hydrogen (secondary N) is 2. The van der Waals surface area contributed by atoms with Gasteiger partial charge in [-0.2, -0.15) is 0 Å². The number of thiophene rings is 1. The summed E-state index contributed by atoms with van der Waals surface area (Å²) < 4.78 is 1.37. The summed E-state index contributed by atoms with van der Waals surface area (Å²) in [4.78, 5) is 0. The second-order valence-electron chi connectivity index (χ2n) is 4.99. The van der Waals surface area contributed by atoms with E-state index in [9.17, 15) is 0 Å². The van der Waals surface area contributed by atoms with Crippen LogP contribution >= 0.6 is 11.3 Å². The lowest BCUT2D eigenvalue weighted by atomic mass is 10.1. The van der Waals surface area contributed by atoms with Gasteiger partial charge in [-0.05, 0) is 43.3 Å². The Bertz CT molecular complexity index is 488. The number of hydrogen-bond acceptors (Lipinski definition) is 3. The SMILES string of the molecule is CNC(C)(C)CNCc1csc2ccccc12. The fraction of sp³-hybridized carbons (Fsp3) is 0.429. The molecule has 0 aliphatic heterocycles. The molecule has 2 N–H and O–H groups in total. The number of rotatable bonds is 5. The van der Waals surface area contributed by atoms with Gasteiger partial charge in [-0.15, -0.1) is 11.3 Å². The molecule has 0 aliphatic rings. The highest BCUT2D eigenvalue weighted by molar-refractivity contribution is 7.17. The highest BCUT2D eigenvalue weighted by Gasteiger charge is 2.13. The number of hydrogen-bond donors (Lipinski definition) is 2. The van der Waals surface area contributed by atoms with E-state index < -0.39 is 0 Å². The highest BCUT2D eigenvalue weighted by Crippen LogP contribution is 2.25. The molecule has 0 aliphatic carbocycles. The van der Waals surface area contributed by atoms with Gasteiger partial charge in [-0.3, -0.25) is 0 Å². The van der Waals surface area contributed by atoms with E-state index in [1.165, 1.54) is 15.6 Å². The molecule has 92 valence electrons. The quantitative estimate of drug-likeness (QED) is 0.850. The van der Waals surface area contributed by atoms with E-state index in [4.69, 9.17) is 0 Å². The summed E-state index contributed by atoms with van der Waals surface area (Å²) in [7, 11) is 2.00. The fourth-order valence-corrected chi connectivity index (χ4v) is 2.73. The Morgan fingerprint density at radius 2 is 2.00 bits per heavy atom. The van der Waals surface area contributed by atoms with Crippen molar-refractivity contribution in [3.8, 4) is 0 Å². The molecule has 0 bridgehead atoms. The van der Waals surface area contributed by atoms with Gasteiger partial charge in [0, 0.05) is 23.3 Å². The summed E-state index contributed by atoms with van der Waals surface area (Å²) in [6, 6.07) is 8.59. The molecule has 2 nitrogen and oxygen atoms in total. The molecule has 17 heavy (non-hydrogen) atoms. The van der Waals surface area contributed by atoms with Crippen LogP contribution in [0.25, 0.3) is 10.1 Å². The lowest BCUT2D eigenvalue weighted by Gasteiger charge is -2.24. The van der Waals surface area contributed by atoms with Crippen molar-refractivity contribution in [2.45, 2.75) is 25.9 Å². The van der Waals surface area contributed by atoms with Crippen molar-refractivity contribution in [2.75, 3.05) is 13.6 Å². The van der Waals surface area contributed by atoms with Crippen molar-refractivity contribution in [2.24, 2.45) is 0 Å². The summed E-state index contributed by atoms with van der Waals surface area (Å²) in [5.74, 6) is 0. The van der Waals surface area contributed by atoms with Crippen LogP contribution in [-0.2, 0) is 6.54 Å². The zero-order valence-corrected chi connectivity index (χ0v) is 11.5. The molecule has 0 amide bonds. The van der Waals surface area contributed by atoms with Gasteiger partial charge in [0.2, 0.25) is 0 Å². The Morgan fingerprint density at radius 1 is 1.24 bits per heavy atom. The minimum absolute atomic E-state index is 0.145. The first kappa shape index (κ1) is 12.6. The van der Waals surface area contributed by atoms with Crippen molar-refractivity contribution in [3.05, 3.63) is 35.2 Å². The van der Waals surface area contributed by atoms with E-state index >= 15 is 0 Å². The number of benzene rings is 1. The molecule has 1 aromatic carbocycles. The minimum atomic E-state index is 0.145. The Kier molecular flexibility index (Phi) is 3.82. The first-order valence-corrected chi connectivity index (χ1v) is 6.85. The molecular weight excluding hydrogens is 228 g/mol. The van der Waals surface area contributed by atoms with Crippen molar-refractivity contribution < 1.29 is 0 Å². The maximum absolute atomic E-state index is 3.52. The van der Waals surface area contributed by atoms with Crippen LogP contribution in [0, 0.1) is 0 Å². The van der Waals surface area contributed by atoms with Crippen molar-refractivity contribution in [1.29, 1.82) is 0 Å². The molecule has 0 atom stereocenters. The topological polar surface area (TPSA) is 24.1 Å². The van der Waals surface area contributed by atoms with Gasteiger partial charge in [0.15, 0.2) is 0 Å². The summed E-state index contributed by atoms with van der Waals surface area (Å²) >= 11 is 1.82. The van der Waals surface area contributed by atoms with E-state index in [1.807, 2.05) is 18.4 Å². The summed E-state index contributed by atoms with van der Waals surface area (Å²) in [6.07, 6.45) is 0. The molecule has 0 unspecified atom stereocenters. The van der Waals surface area contributed by atoms with Crippen LogP contribution in [0.15, 0.2) is 29.6 Å². The molecule has 3 heteroatoms. The van der Waals surface area contributed by atoms with E-state index in [1.54, 1.807) is 0 Å². The molecule has 1 aromatic heterocycles. The third-order valence-corrected chi connectivity index (χ3v) is 4.13. The predicted octanol–water partition coefficient (Wildman–Crippen LogP) is 2.99. The van der Waals surface area contributed by atoms with Crippen LogP contribution in [0.2, 0.25) is 0 Å². The van der Waals surface area contributed by atoms with Gasteiger partial charge >= 0.3 is 0 Å².